The molecule has 5 rings (SSSR count). The molecule has 1 aliphatic heterocycles. The number of carbonyl (C=O) groups is 2. The van der Waals surface area contributed by atoms with Gasteiger partial charge in [0.15, 0.2) is 10.9 Å². The fourth-order valence-electron chi connectivity index (χ4n) is 4.40. The van der Waals surface area contributed by atoms with E-state index >= 15 is 0 Å². The van der Waals surface area contributed by atoms with Crippen molar-refractivity contribution in [2.45, 2.75) is 38.5 Å². The Balaban J connectivity index is 1.29. The number of ether oxygens (including phenoxy) is 1. The third-order valence-corrected chi connectivity index (χ3v) is 7.22. The molecule has 0 radical (unpaired) electrons. The Morgan fingerprint density at radius 3 is 2.57 bits per heavy atom. The van der Waals surface area contributed by atoms with Crippen molar-refractivity contribution in [1.82, 2.24) is 19.4 Å². The van der Waals surface area contributed by atoms with E-state index in [2.05, 4.69) is 20.0 Å². The number of thiazole rings is 1. The number of ketones is 1. The van der Waals surface area contributed by atoms with Crippen molar-refractivity contribution < 1.29 is 27.5 Å². The van der Waals surface area contributed by atoms with E-state index in [4.69, 9.17) is 0 Å². The minimum atomic E-state index is -4.77. The zero-order chi connectivity index (χ0) is 26.2. The zero-order valence-electron chi connectivity index (χ0n) is 20.0. The molecule has 0 aliphatic carbocycles. The van der Waals surface area contributed by atoms with Gasteiger partial charge in [-0.1, -0.05) is 11.3 Å². The molecule has 0 atom stereocenters. The Morgan fingerprint density at radius 1 is 1.03 bits per heavy atom. The van der Waals surface area contributed by atoms with Crippen LogP contribution in [0, 0.1) is 0 Å². The number of nitrogens with one attached hydrogen (secondary N) is 1. The van der Waals surface area contributed by atoms with Crippen LogP contribution in [0.1, 0.15) is 42.5 Å². The van der Waals surface area contributed by atoms with Crippen LogP contribution in [0.2, 0.25) is 0 Å². The maximum absolute atomic E-state index is 12.8. The van der Waals surface area contributed by atoms with Crippen molar-refractivity contribution >= 4 is 55.4 Å². The monoisotopic (exact) mass is 531 g/mol. The summed E-state index contributed by atoms with van der Waals surface area (Å²) in [6, 6.07) is 9.18. The second-order valence-electron chi connectivity index (χ2n) is 8.88. The summed E-state index contributed by atoms with van der Waals surface area (Å²) < 4.78 is 43.9. The lowest BCUT2D eigenvalue weighted by Crippen LogP contribution is -2.35. The Morgan fingerprint density at radius 2 is 1.81 bits per heavy atom. The lowest BCUT2D eigenvalue weighted by atomic mass is 10.0. The van der Waals surface area contributed by atoms with Gasteiger partial charge in [0.1, 0.15) is 5.75 Å². The summed E-state index contributed by atoms with van der Waals surface area (Å²) in [5.41, 5.74) is 2.39. The Hall–Kier alpha value is -3.67. The van der Waals surface area contributed by atoms with Crippen LogP contribution in [-0.4, -0.2) is 50.6 Å². The minimum absolute atomic E-state index is 0.0198. The topological polar surface area (TPSA) is 89.3 Å². The van der Waals surface area contributed by atoms with Gasteiger partial charge in [-0.2, -0.15) is 0 Å². The molecule has 37 heavy (non-hydrogen) atoms. The average Bonchev–Trinajstić information content (AvgIpc) is 3.41. The van der Waals surface area contributed by atoms with E-state index in [-0.39, 0.29) is 30.3 Å². The molecule has 0 saturated carbocycles. The van der Waals surface area contributed by atoms with Crippen LogP contribution in [0.25, 0.3) is 21.3 Å². The summed E-state index contributed by atoms with van der Waals surface area (Å²) in [7, 11) is 1.80. The molecule has 4 aromatic rings. The summed E-state index contributed by atoms with van der Waals surface area (Å²) >= 11 is 1.17. The number of likely N-dealkylation sites (tertiary alicyclic amines) is 1. The molecule has 3 heterocycles. The number of halogens is 3. The number of anilines is 2. The molecular formula is C25H24F3N5O3S. The van der Waals surface area contributed by atoms with Crippen LogP contribution in [0.3, 0.4) is 0 Å². The van der Waals surface area contributed by atoms with Gasteiger partial charge >= 0.3 is 6.36 Å². The lowest BCUT2D eigenvalue weighted by molar-refractivity contribution is -0.274. The van der Waals surface area contributed by atoms with E-state index in [1.165, 1.54) is 29.5 Å². The third kappa shape index (κ3) is 5.68. The molecule has 2 aromatic heterocycles. The van der Waals surface area contributed by atoms with Crippen LogP contribution in [0.4, 0.5) is 24.3 Å². The number of aromatic nitrogens is 3. The van der Waals surface area contributed by atoms with E-state index in [0.29, 0.717) is 32.4 Å². The second-order valence-corrected chi connectivity index (χ2v) is 9.91. The molecule has 1 aliphatic rings. The standard InChI is InChI=1S/C25H24F3N5O3S/c1-32-19-8-5-15(20(34)9-10-22(35)33-11-3-2-4-12-33)13-18(19)29-23(32)31-24-30-17-7-6-16(14-21(17)37-24)36-25(26,27)28/h5-8,13-14H,2-4,9-12H2,1H3,(H,29,30,31). The zero-order valence-corrected chi connectivity index (χ0v) is 20.8. The SMILES string of the molecule is Cn1c(Nc2nc3ccc(OC(F)(F)F)cc3s2)nc2cc(C(=O)CCC(=O)N3CCCCC3)ccc21. The molecule has 2 aromatic carbocycles. The number of benzene rings is 2. The van der Waals surface area contributed by atoms with Gasteiger partial charge in [0, 0.05) is 44.6 Å². The van der Waals surface area contributed by atoms with Crippen LogP contribution >= 0.6 is 11.3 Å². The van der Waals surface area contributed by atoms with Gasteiger partial charge in [0.25, 0.3) is 0 Å². The van der Waals surface area contributed by atoms with Crippen molar-refractivity contribution in [2.24, 2.45) is 7.05 Å². The molecular weight excluding hydrogens is 507 g/mol. The number of carbonyl (C=O) groups excluding carboxylic acids is 2. The van der Waals surface area contributed by atoms with Crippen molar-refractivity contribution in [2.75, 3.05) is 18.4 Å². The Bertz CT molecular complexity index is 1470. The molecule has 0 unspecified atom stereocenters. The highest BCUT2D eigenvalue weighted by atomic mass is 32.1. The van der Waals surface area contributed by atoms with Crippen molar-refractivity contribution in [3.05, 3.63) is 42.0 Å². The highest BCUT2D eigenvalue weighted by molar-refractivity contribution is 7.22. The number of Topliss-reactive ketones (excluding diaryl/α,β-unsaturated/α-hetero) is 1. The van der Waals surface area contributed by atoms with E-state index in [9.17, 15) is 22.8 Å². The van der Waals surface area contributed by atoms with Crippen LogP contribution < -0.4 is 10.1 Å². The van der Waals surface area contributed by atoms with Crippen molar-refractivity contribution in [3.8, 4) is 5.75 Å². The fourth-order valence-corrected chi connectivity index (χ4v) is 5.29. The quantitative estimate of drug-likeness (QED) is 0.303. The predicted octanol–water partition coefficient (Wildman–Crippen LogP) is 5.80. The summed E-state index contributed by atoms with van der Waals surface area (Å²) in [5.74, 6) is 0.0558. The Labute approximate surface area is 214 Å². The minimum Gasteiger partial charge on any atom is -0.406 e. The number of aryl methyl sites for hydroxylation is 1. The first kappa shape index (κ1) is 25.0. The van der Waals surface area contributed by atoms with Gasteiger partial charge in [-0.05, 0) is 49.6 Å². The highest BCUT2D eigenvalue weighted by Gasteiger charge is 2.31. The maximum Gasteiger partial charge on any atom is 0.573 e. The highest BCUT2D eigenvalue weighted by Crippen LogP contribution is 2.33. The van der Waals surface area contributed by atoms with Gasteiger partial charge in [-0.3, -0.25) is 9.59 Å². The number of piperidine rings is 1. The first-order valence-corrected chi connectivity index (χ1v) is 12.7. The first-order chi connectivity index (χ1) is 17.7. The van der Waals surface area contributed by atoms with Crippen LogP contribution in [-0.2, 0) is 11.8 Å². The van der Waals surface area contributed by atoms with Crippen LogP contribution in [0.5, 0.6) is 5.75 Å². The molecule has 1 saturated heterocycles. The number of fused-ring (bicyclic) bond motifs is 2. The molecule has 194 valence electrons. The van der Waals surface area contributed by atoms with Gasteiger partial charge in [-0.15, -0.1) is 13.2 Å². The molecule has 12 heteroatoms. The van der Waals surface area contributed by atoms with Crippen molar-refractivity contribution in [3.63, 3.8) is 0 Å². The largest absolute Gasteiger partial charge is 0.573 e. The summed E-state index contributed by atoms with van der Waals surface area (Å²) in [6.07, 6.45) is -1.27. The van der Waals surface area contributed by atoms with E-state index in [0.717, 1.165) is 37.9 Å². The third-order valence-electron chi connectivity index (χ3n) is 6.29. The van der Waals surface area contributed by atoms with Crippen LogP contribution in [0.15, 0.2) is 36.4 Å². The number of imidazole rings is 1. The summed E-state index contributed by atoms with van der Waals surface area (Å²) in [6.45, 7) is 1.53. The number of hydrogen-bond acceptors (Lipinski definition) is 7. The van der Waals surface area contributed by atoms with Gasteiger partial charge in [0.05, 0.1) is 21.3 Å². The lowest BCUT2D eigenvalue weighted by Gasteiger charge is -2.26. The molecule has 8 nitrogen and oxygen atoms in total. The van der Waals surface area contributed by atoms with Crippen molar-refractivity contribution in [1.29, 1.82) is 0 Å². The number of alkyl halides is 3. The number of amides is 1. The molecule has 0 spiro atoms. The predicted molar refractivity (Wildman–Crippen MR) is 134 cm³/mol. The molecule has 1 fully saturated rings. The maximum atomic E-state index is 12.8. The van der Waals surface area contributed by atoms with E-state index in [1.807, 2.05) is 4.90 Å². The number of hydrogen-bond donors (Lipinski definition) is 1. The van der Waals surface area contributed by atoms with E-state index in [1.54, 1.807) is 29.8 Å². The van der Waals surface area contributed by atoms with Gasteiger partial charge < -0.3 is 19.5 Å². The first-order valence-electron chi connectivity index (χ1n) is 11.9. The van der Waals surface area contributed by atoms with Gasteiger partial charge in [-0.25, -0.2) is 9.97 Å². The number of nitrogens with zero attached hydrogens (tertiary/aromatic N) is 4. The van der Waals surface area contributed by atoms with Gasteiger partial charge in [0.2, 0.25) is 11.9 Å². The number of rotatable bonds is 7. The Kier molecular flexibility index (Phi) is 6.76. The van der Waals surface area contributed by atoms with E-state index < -0.39 is 6.36 Å². The smallest absolute Gasteiger partial charge is 0.406 e. The second kappa shape index (κ2) is 10.0. The average molecular weight is 532 g/mol. The summed E-state index contributed by atoms with van der Waals surface area (Å²) in [4.78, 5) is 36.0. The molecule has 1 N–H and O–H groups in total. The summed E-state index contributed by atoms with van der Waals surface area (Å²) in [5, 5.41) is 3.55. The normalized spacial score (nSPS) is 14.3. The molecule has 0 bridgehead atoms. The fraction of sp³-hybridized carbons (Fsp3) is 0.360. The molecule has 1 amide bonds.